The van der Waals surface area contributed by atoms with Crippen LogP contribution in [-0.2, 0) is 14.6 Å². The van der Waals surface area contributed by atoms with Gasteiger partial charge in [0.05, 0.1) is 16.6 Å². The summed E-state index contributed by atoms with van der Waals surface area (Å²) < 4.78 is 29.2. The first-order chi connectivity index (χ1) is 10.6. The zero-order chi connectivity index (χ0) is 17.3. The molecule has 0 bridgehead atoms. The summed E-state index contributed by atoms with van der Waals surface area (Å²) in [4.78, 5) is 14.0. The van der Waals surface area contributed by atoms with Crippen LogP contribution in [0.2, 0.25) is 0 Å². The highest BCUT2D eigenvalue weighted by Crippen LogP contribution is 2.26. The molecule has 2 fully saturated rings. The van der Waals surface area contributed by atoms with Crippen LogP contribution in [0.5, 0.6) is 0 Å². The Morgan fingerprint density at radius 3 is 2.74 bits per heavy atom. The monoisotopic (exact) mass is 344 g/mol. The molecule has 0 aromatic heterocycles. The van der Waals surface area contributed by atoms with E-state index >= 15 is 0 Å². The van der Waals surface area contributed by atoms with Gasteiger partial charge in [-0.1, -0.05) is 12.2 Å². The van der Waals surface area contributed by atoms with Crippen LogP contribution in [0.1, 0.15) is 33.6 Å². The van der Waals surface area contributed by atoms with Crippen molar-refractivity contribution in [3.8, 4) is 0 Å². The molecule has 2 saturated heterocycles. The number of hydrogen-bond acceptors (Lipinski definition) is 4. The van der Waals surface area contributed by atoms with Crippen LogP contribution in [0.3, 0.4) is 0 Å². The van der Waals surface area contributed by atoms with E-state index in [0.29, 0.717) is 26.1 Å². The number of amides is 2. The summed E-state index contributed by atoms with van der Waals surface area (Å²) in [5, 5.41) is 2.93. The van der Waals surface area contributed by atoms with Crippen molar-refractivity contribution in [3.63, 3.8) is 0 Å². The van der Waals surface area contributed by atoms with Gasteiger partial charge in [-0.3, -0.25) is 0 Å². The van der Waals surface area contributed by atoms with Crippen molar-refractivity contribution in [3.05, 3.63) is 12.2 Å². The zero-order valence-corrected chi connectivity index (χ0v) is 15.1. The van der Waals surface area contributed by atoms with E-state index in [4.69, 9.17) is 4.74 Å². The fraction of sp³-hybridized carbons (Fsp3) is 0.812. The summed E-state index contributed by atoms with van der Waals surface area (Å²) in [6, 6.07) is -0.190. The summed E-state index contributed by atoms with van der Waals surface area (Å²) in [7, 11) is -3.17. The highest BCUT2D eigenvalue weighted by Gasteiger charge is 2.38. The molecule has 2 aliphatic heterocycles. The molecule has 2 aliphatic rings. The number of carbonyl (C=O) groups excluding carboxylic acids is 1. The van der Waals surface area contributed by atoms with Gasteiger partial charge in [0.15, 0.2) is 9.84 Å². The fourth-order valence-electron chi connectivity index (χ4n) is 3.10. The van der Waals surface area contributed by atoms with Crippen LogP contribution in [0, 0.1) is 5.92 Å². The molecule has 23 heavy (non-hydrogen) atoms. The predicted molar refractivity (Wildman–Crippen MR) is 90.1 cm³/mol. The number of nitrogens with zero attached hydrogens (tertiary/aromatic N) is 1. The standard InChI is InChI=1S/C16H28N2O4S/c1-12(2)14-13(5-9-22-14)11-17-15(19)18-7-6-16(3,4)23(20,21)10-8-18/h13-14H,1,5-11H2,2-4H3,(H,17,19). The van der Waals surface area contributed by atoms with Gasteiger partial charge in [-0.2, -0.15) is 0 Å². The first kappa shape index (κ1) is 18.3. The molecule has 2 amide bonds. The molecular weight excluding hydrogens is 316 g/mol. The molecule has 0 radical (unpaired) electrons. The summed E-state index contributed by atoms with van der Waals surface area (Å²) in [5.74, 6) is 0.262. The average molecular weight is 344 g/mol. The van der Waals surface area contributed by atoms with Crippen molar-refractivity contribution >= 4 is 15.9 Å². The number of rotatable bonds is 3. The topological polar surface area (TPSA) is 75.7 Å². The summed E-state index contributed by atoms with van der Waals surface area (Å²) >= 11 is 0. The minimum absolute atomic E-state index is 0.00116. The summed E-state index contributed by atoms with van der Waals surface area (Å²) in [6.07, 6.45) is 1.36. The van der Waals surface area contributed by atoms with Gasteiger partial charge in [0.25, 0.3) is 0 Å². The van der Waals surface area contributed by atoms with Crippen LogP contribution < -0.4 is 5.32 Å². The lowest BCUT2D eigenvalue weighted by atomic mass is 9.97. The largest absolute Gasteiger partial charge is 0.374 e. The molecule has 0 saturated carbocycles. The van der Waals surface area contributed by atoms with Crippen LogP contribution in [0.15, 0.2) is 12.2 Å². The van der Waals surface area contributed by atoms with Crippen LogP contribution in [0.4, 0.5) is 4.79 Å². The molecule has 2 rings (SSSR count). The average Bonchev–Trinajstić information content (AvgIpc) is 2.89. The molecule has 2 unspecified atom stereocenters. The van der Waals surface area contributed by atoms with Gasteiger partial charge in [-0.05, 0) is 33.6 Å². The Balaban J connectivity index is 1.90. The van der Waals surface area contributed by atoms with E-state index < -0.39 is 14.6 Å². The first-order valence-corrected chi connectivity index (χ1v) is 9.81. The van der Waals surface area contributed by atoms with Gasteiger partial charge in [0.1, 0.15) is 0 Å². The Morgan fingerprint density at radius 1 is 1.39 bits per heavy atom. The summed E-state index contributed by atoms with van der Waals surface area (Å²) in [6.45, 7) is 11.3. The second-order valence-corrected chi connectivity index (χ2v) is 9.93. The van der Waals surface area contributed by atoms with E-state index in [1.807, 2.05) is 6.92 Å². The second-order valence-electron chi connectivity index (χ2n) is 7.19. The molecule has 2 atom stereocenters. The highest BCUT2D eigenvalue weighted by molar-refractivity contribution is 7.92. The number of carbonyl (C=O) groups is 1. The predicted octanol–water partition coefficient (Wildman–Crippen LogP) is 1.58. The highest BCUT2D eigenvalue weighted by atomic mass is 32.2. The van der Waals surface area contributed by atoms with E-state index in [9.17, 15) is 13.2 Å². The van der Waals surface area contributed by atoms with Gasteiger partial charge in [0.2, 0.25) is 0 Å². The normalized spacial score (nSPS) is 29.8. The van der Waals surface area contributed by atoms with E-state index in [-0.39, 0.29) is 30.4 Å². The van der Waals surface area contributed by atoms with Gasteiger partial charge in [-0.25, -0.2) is 13.2 Å². The van der Waals surface area contributed by atoms with Gasteiger partial charge < -0.3 is 15.0 Å². The van der Waals surface area contributed by atoms with Gasteiger partial charge in [0, 0.05) is 32.2 Å². The third-order valence-electron chi connectivity index (χ3n) is 4.96. The molecule has 7 heteroatoms. The number of hydrogen-bond donors (Lipinski definition) is 1. The van der Waals surface area contributed by atoms with Crippen molar-refractivity contribution in [2.45, 2.75) is 44.5 Å². The Labute approximate surface area is 139 Å². The molecular formula is C16H28N2O4S. The fourth-order valence-corrected chi connectivity index (χ4v) is 4.51. The van der Waals surface area contributed by atoms with Crippen LogP contribution >= 0.6 is 0 Å². The lowest BCUT2D eigenvalue weighted by Crippen LogP contribution is -2.44. The quantitative estimate of drug-likeness (QED) is 0.789. The molecule has 0 aliphatic carbocycles. The Hall–Kier alpha value is -1.08. The van der Waals surface area contributed by atoms with E-state index in [1.165, 1.54) is 0 Å². The molecule has 0 aromatic carbocycles. The van der Waals surface area contributed by atoms with Crippen molar-refractivity contribution in [1.82, 2.24) is 10.2 Å². The Bertz CT molecular complexity index is 571. The molecule has 0 spiro atoms. The third-order valence-corrected chi connectivity index (χ3v) is 7.57. The molecule has 132 valence electrons. The minimum atomic E-state index is -3.17. The number of urea groups is 1. The third kappa shape index (κ3) is 4.07. The van der Waals surface area contributed by atoms with Crippen LogP contribution in [0.25, 0.3) is 0 Å². The van der Waals surface area contributed by atoms with E-state index in [0.717, 1.165) is 12.0 Å². The first-order valence-electron chi connectivity index (χ1n) is 8.16. The van der Waals surface area contributed by atoms with Crippen molar-refractivity contribution in [1.29, 1.82) is 0 Å². The lowest BCUT2D eigenvalue weighted by Gasteiger charge is -2.24. The smallest absolute Gasteiger partial charge is 0.317 e. The van der Waals surface area contributed by atoms with Crippen molar-refractivity contribution in [2.24, 2.45) is 5.92 Å². The number of sulfone groups is 1. The van der Waals surface area contributed by atoms with E-state index in [2.05, 4.69) is 11.9 Å². The molecule has 1 N–H and O–H groups in total. The van der Waals surface area contributed by atoms with Crippen molar-refractivity contribution in [2.75, 3.05) is 32.0 Å². The van der Waals surface area contributed by atoms with Gasteiger partial charge >= 0.3 is 6.03 Å². The number of ether oxygens (including phenoxy) is 1. The SMILES string of the molecule is C=C(C)C1OCCC1CNC(=O)N1CCC(C)(C)S(=O)(=O)CC1. The maximum absolute atomic E-state index is 12.4. The van der Waals surface area contributed by atoms with Crippen molar-refractivity contribution < 1.29 is 17.9 Å². The Morgan fingerprint density at radius 2 is 2.09 bits per heavy atom. The molecule has 6 nitrogen and oxygen atoms in total. The lowest BCUT2D eigenvalue weighted by molar-refractivity contribution is 0.118. The number of nitrogens with one attached hydrogen (secondary N) is 1. The Kier molecular flexibility index (Phi) is 5.41. The summed E-state index contributed by atoms with van der Waals surface area (Å²) in [5.41, 5.74) is 0.976. The maximum Gasteiger partial charge on any atom is 0.317 e. The zero-order valence-electron chi connectivity index (χ0n) is 14.3. The maximum atomic E-state index is 12.4. The second kappa shape index (κ2) is 6.81. The van der Waals surface area contributed by atoms with Crippen LogP contribution in [-0.4, -0.2) is 62.2 Å². The molecule has 0 aromatic rings. The van der Waals surface area contributed by atoms with Gasteiger partial charge in [-0.15, -0.1) is 0 Å². The van der Waals surface area contributed by atoms with E-state index in [1.54, 1.807) is 18.7 Å². The minimum Gasteiger partial charge on any atom is -0.374 e. The molecule has 2 heterocycles.